The van der Waals surface area contributed by atoms with Crippen LogP contribution >= 0.6 is 0 Å². The van der Waals surface area contributed by atoms with Gasteiger partial charge in [0.15, 0.2) is 0 Å². The molecule has 11 heavy (non-hydrogen) atoms. The van der Waals surface area contributed by atoms with Crippen LogP contribution in [0.2, 0.25) is 0 Å². The lowest BCUT2D eigenvalue weighted by molar-refractivity contribution is 0.203. The van der Waals surface area contributed by atoms with Gasteiger partial charge in [0, 0.05) is 5.54 Å². The lowest BCUT2D eigenvalue weighted by Crippen LogP contribution is -2.41. The second-order valence-corrected chi connectivity index (χ2v) is 4.32. The highest BCUT2D eigenvalue weighted by Gasteiger charge is 2.51. The van der Waals surface area contributed by atoms with Gasteiger partial charge in [0.1, 0.15) is 0 Å². The molecule has 0 aliphatic heterocycles. The van der Waals surface area contributed by atoms with Crippen molar-refractivity contribution >= 4 is 0 Å². The van der Waals surface area contributed by atoms with Crippen LogP contribution in [0.25, 0.3) is 0 Å². The van der Waals surface area contributed by atoms with Crippen LogP contribution in [0, 0.1) is 5.41 Å². The molecule has 0 aromatic heterocycles. The van der Waals surface area contributed by atoms with Crippen molar-refractivity contribution in [1.29, 1.82) is 0 Å². The van der Waals surface area contributed by atoms with Crippen molar-refractivity contribution in [3.05, 3.63) is 0 Å². The molecular formula is C10H21N. The summed E-state index contributed by atoms with van der Waals surface area (Å²) in [6.07, 6.45) is 6.29. The Morgan fingerprint density at radius 2 is 1.91 bits per heavy atom. The topological polar surface area (TPSA) is 26.0 Å². The molecule has 1 aliphatic carbocycles. The third-order valence-electron chi connectivity index (χ3n) is 3.57. The first-order valence-corrected chi connectivity index (χ1v) is 4.87. The summed E-state index contributed by atoms with van der Waals surface area (Å²) in [6, 6.07) is 0. The molecule has 0 aromatic rings. The van der Waals surface area contributed by atoms with E-state index >= 15 is 0 Å². The maximum absolute atomic E-state index is 6.22. The molecule has 0 aromatic carbocycles. The molecule has 1 rings (SSSR count). The van der Waals surface area contributed by atoms with Crippen LogP contribution in [0.4, 0.5) is 0 Å². The normalized spacial score (nSPS) is 26.2. The summed E-state index contributed by atoms with van der Waals surface area (Å²) >= 11 is 0. The van der Waals surface area contributed by atoms with Crippen molar-refractivity contribution in [2.45, 2.75) is 58.4 Å². The van der Waals surface area contributed by atoms with E-state index < -0.39 is 0 Å². The van der Waals surface area contributed by atoms with E-state index in [0.717, 1.165) is 0 Å². The molecule has 66 valence electrons. The summed E-state index contributed by atoms with van der Waals surface area (Å²) < 4.78 is 0. The van der Waals surface area contributed by atoms with E-state index in [1.54, 1.807) is 0 Å². The molecule has 0 spiro atoms. The molecule has 1 nitrogen and oxygen atoms in total. The third kappa shape index (κ3) is 1.44. The predicted molar refractivity (Wildman–Crippen MR) is 49.5 cm³/mol. The predicted octanol–water partition coefficient (Wildman–Crippen LogP) is 2.69. The minimum absolute atomic E-state index is 0.206. The van der Waals surface area contributed by atoms with Crippen LogP contribution < -0.4 is 5.73 Å². The smallest absolute Gasteiger partial charge is 0.0210 e. The van der Waals surface area contributed by atoms with Gasteiger partial charge in [-0.1, -0.05) is 27.2 Å². The highest BCUT2D eigenvalue weighted by Crippen LogP contribution is 2.52. The zero-order valence-electron chi connectivity index (χ0n) is 8.11. The average molecular weight is 155 g/mol. The summed E-state index contributed by atoms with van der Waals surface area (Å²) in [5, 5.41) is 0. The van der Waals surface area contributed by atoms with Crippen molar-refractivity contribution in [1.82, 2.24) is 0 Å². The Labute approximate surface area is 70.4 Å². The first-order chi connectivity index (χ1) is 5.08. The molecule has 1 fully saturated rings. The number of hydrogen-bond acceptors (Lipinski definition) is 1. The Hall–Kier alpha value is -0.0400. The number of rotatable bonds is 4. The SMILES string of the molecule is CCCC(C)(CC)C1(N)CC1. The first kappa shape index (κ1) is 9.05. The van der Waals surface area contributed by atoms with Crippen molar-refractivity contribution in [2.24, 2.45) is 11.1 Å². The molecule has 1 saturated carbocycles. The van der Waals surface area contributed by atoms with E-state index in [1.165, 1.54) is 32.1 Å². The molecule has 1 heteroatoms. The Morgan fingerprint density at radius 3 is 2.18 bits per heavy atom. The Morgan fingerprint density at radius 1 is 1.36 bits per heavy atom. The van der Waals surface area contributed by atoms with E-state index in [9.17, 15) is 0 Å². The van der Waals surface area contributed by atoms with Gasteiger partial charge in [0.2, 0.25) is 0 Å². The zero-order chi connectivity index (χ0) is 8.54. The van der Waals surface area contributed by atoms with Crippen LogP contribution in [0.5, 0.6) is 0 Å². The lowest BCUT2D eigenvalue weighted by Gasteiger charge is -2.34. The molecule has 0 radical (unpaired) electrons. The van der Waals surface area contributed by atoms with Crippen LogP contribution in [0.3, 0.4) is 0 Å². The van der Waals surface area contributed by atoms with E-state index in [0.29, 0.717) is 5.41 Å². The molecular weight excluding hydrogens is 134 g/mol. The monoisotopic (exact) mass is 155 g/mol. The zero-order valence-corrected chi connectivity index (χ0v) is 8.11. The molecule has 0 bridgehead atoms. The number of hydrogen-bond donors (Lipinski definition) is 1. The summed E-state index contributed by atoms with van der Waals surface area (Å²) in [7, 11) is 0. The summed E-state index contributed by atoms with van der Waals surface area (Å²) in [5.74, 6) is 0. The maximum Gasteiger partial charge on any atom is 0.0210 e. The molecule has 0 saturated heterocycles. The summed E-state index contributed by atoms with van der Waals surface area (Å²) in [5.41, 5.74) is 6.85. The molecule has 1 unspecified atom stereocenters. The van der Waals surface area contributed by atoms with Gasteiger partial charge in [0.25, 0.3) is 0 Å². The molecule has 2 N–H and O–H groups in total. The highest BCUT2D eigenvalue weighted by molar-refractivity contribution is 5.09. The first-order valence-electron chi connectivity index (χ1n) is 4.87. The van der Waals surface area contributed by atoms with Crippen molar-refractivity contribution in [2.75, 3.05) is 0 Å². The van der Waals surface area contributed by atoms with E-state index in [4.69, 9.17) is 5.73 Å². The molecule has 0 heterocycles. The van der Waals surface area contributed by atoms with Crippen molar-refractivity contribution in [3.63, 3.8) is 0 Å². The van der Waals surface area contributed by atoms with Crippen LogP contribution in [0.15, 0.2) is 0 Å². The van der Waals surface area contributed by atoms with Gasteiger partial charge in [-0.25, -0.2) is 0 Å². The van der Waals surface area contributed by atoms with Gasteiger partial charge >= 0.3 is 0 Å². The van der Waals surface area contributed by atoms with Crippen LogP contribution in [0.1, 0.15) is 52.9 Å². The average Bonchev–Trinajstić information content (AvgIpc) is 2.70. The van der Waals surface area contributed by atoms with E-state index in [2.05, 4.69) is 20.8 Å². The van der Waals surface area contributed by atoms with Crippen LogP contribution in [-0.2, 0) is 0 Å². The van der Waals surface area contributed by atoms with Gasteiger partial charge < -0.3 is 5.73 Å². The fraction of sp³-hybridized carbons (Fsp3) is 1.00. The van der Waals surface area contributed by atoms with Gasteiger partial charge in [-0.05, 0) is 31.1 Å². The summed E-state index contributed by atoms with van der Waals surface area (Å²) in [4.78, 5) is 0. The van der Waals surface area contributed by atoms with Gasteiger partial charge in [-0.15, -0.1) is 0 Å². The lowest BCUT2D eigenvalue weighted by atomic mass is 9.74. The Kier molecular flexibility index (Phi) is 2.29. The third-order valence-corrected chi connectivity index (χ3v) is 3.57. The molecule has 1 atom stereocenters. The maximum atomic E-state index is 6.22. The largest absolute Gasteiger partial charge is 0.325 e. The standard InChI is InChI=1S/C10H21N/c1-4-6-9(3,5-2)10(11)7-8-10/h4-8,11H2,1-3H3. The Bertz CT molecular complexity index is 138. The second-order valence-electron chi connectivity index (χ2n) is 4.32. The molecule has 0 amide bonds. The Balaban J connectivity index is 2.59. The number of nitrogens with two attached hydrogens (primary N) is 1. The summed E-state index contributed by atoms with van der Waals surface area (Å²) in [6.45, 7) is 6.87. The van der Waals surface area contributed by atoms with Crippen LogP contribution in [-0.4, -0.2) is 5.54 Å². The second kappa shape index (κ2) is 2.78. The fourth-order valence-electron chi connectivity index (χ4n) is 2.07. The highest BCUT2D eigenvalue weighted by atomic mass is 14.9. The van der Waals surface area contributed by atoms with Gasteiger partial charge in [0.05, 0.1) is 0 Å². The van der Waals surface area contributed by atoms with Crippen molar-refractivity contribution in [3.8, 4) is 0 Å². The van der Waals surface area contributed by atoms with Gasteiger partial charge in [-0.2, -0.15) is 0 Å². The van der Waals surface area contributed by atoms with Gasteiger partial charge in [-0.3, -0.25) is 0 Å². The quantitative estimate of drug-likeness (QED) is 0.663. The fourth-order valence-corrected chi connectivity index (χ4v) is 2.07. The van der Waals surface area contributed by atoms with Crippen molar-refractivity contribution < 1.29 is 0 Å². The minimum Gasteiger partial charge on any atom is -0.325 e. The van der Waals surface area contributed by atoms with E-state index in [-0.39, 0.29) is 5.54 Å². The minimum atomic E-state index is 0.206. The molecule has 1 aliphatic rings. The van der Waals surface area contributed by atoms with E-state index in [1.807, 2.05) is 0 Å².